The van der Waals surface area contributed by atoms with E-state index >= 15 is 0 Å². The zero-order chi connectivity index (χ0) is 21.4. The van der Waals surface area contributed by atoms with E-state index in [9.17, 15) is 14.4 Å². The predicted octanol–water partition coefficient (Wildman–Crippen LogP) is 2.08. The monoisotopic (exact) mass is 424 g/mol. The predicted molar refractivity (Wildman–Crippen MR) is 117 cm³/mol. The summed E-state index contributed by atoms with van der Waals surface area (Å²) in [5.41, 5.74) is 0.342. The number of amides is 3. The second kappa shape index (κ2) is 8.17. The number of piperidine rings is 2. The smallest absolute Gasteiger partial charge is 0.250 e. The van der Waals surface area contributed by atoms with Gasteiger partial charge in [-0.05, 0) is 57.1 Å². The summed E-state index contributed by atoms with van der Waals surface area (Å²) in [5.74, 6) is 0.556. The Hall–Kier alpha value is -2.57. The number of benzene rings is 1. The van der Waals surface area contributed by atoms with E-state index in [1.54, 1.807) is 4.90 Å². The van der Waals surface area contributed by atoms with Crippen LogP contribution >= 0.6 is 0 Å². The summed E-state index contributed by atoms with van der Waals surface area (Å²) in [5, 5.41) is 0. The molecule has 7 heteroatoms. The maximum Gasteiger partial charge on any atom is 0.250 e. The molecule has 0 radical (unpaired) electrons. The Balaban J connectivity index is 1.35. The van der Waals surface area contributed by atoms with Crippen molar-refractivity contribution in [2.75, 3.05) is 44.3 Å². The number of rotatable bonds is 4. The maximum absolute atomic E-state index is 13.7. The van der Waals surface area contributed by atoms with Crippen LogP contribution in [0.15, 0.2) is 30.3 Å². The summed E-state index contributed by atoms with van der Waals surface area (Å²) < 4.78 is 0. The van der Waals surface area contributed by atoms with Crippen molar-refractivity contribution >= 4 is 23.4 Å². The van der Waals surface area contributed by atoms with Crippen LogP contribution in [-0.4, -0.2) is 77.4 Å². The van der Waals surface area contributed by atoms with E-state index in [0.717, 1.165) is 44.5 Å². The molecule has 1 aromatic carbocycles. The third kappa shape index (κ3) is 3.79. The highest BCUT2D eigenvalue weighted by atomic mass is 16.2. The van der Waals surface area contributed by atoms with Crippen molar-refractivity contribution in [3.05, 3.63) is 30.3 Å². The first kappa shape index (κ1) is 20.3. The van der Waals surface area contributed by atoms with Gasteiger partial charge in [-0.25, -0.2) is 0 Å². The van der Waals surface area contributed by atoms with Crippen molar-refractivity contribution < 1.29 is 14.4 Å². The van der Waals surface area contributed by atoms with Gasteiger partial charge in [0.05, 0.1) is 6.67 Å². The van der Waals surface area contributed by atoms with E-state index in [2.05, 4.69) is 4.90 Å². The Bertz CT molecular complexity index is 840. The molecule has 5 rings (SSSR count). The van der Waals surface area contributed by atoms with Gasteiger partial charge in [-0.2, -0.15) is 0 Å². The minimum absolute atomic E-state index is 0.0419. The van der Waals surface area contributed by atoms with Gasteiger partial charge in [0.1, 0.15) is 12.1 Å². The summed E-state index contributed by atoms with van der Waals surface area (Å²) in [7, 11) is 0. The number of carbonyl (C=O) groups excluding carboxylic acids is 3. The first-order valence-corrected chi connectivity index (χ1v) is 11.8. The zero-order valence-corrected chi connectivity index (χ0v) is 18.2. The van der Waals surface area contributed by atoms with E-state index in [1.165, 1.54) is 6.42 Å². The van der Waals surface area contributed by atoms with Gasteiger partial charge in [0.15, 0.2) is 0 Å². The lowest BCUT2D eigenvalue weighted by Gasteiger charge is -2.43. The van der Waals surface area contributed by atoms with Crippen LogP contribution in [0.3, 0.4) is 0 Å². The summed E-state index contributed by atoms with van der Waals surface area (Å²) in [6.45, 7) is 3.39. The van der Waals surface area contributed by atoms with Crippen LogP contribution in [0, 0.1) is 5.92 Å². The molecule has 0 bridgehead atoms. The van der Waals surface area contributed by atoms with Gasteiger partial charge in [-0.15, -0.1) is 0 Å². The molecule has 3 saturated heterocycles. The van der Waals surface area contributed by atoms with Gasteiger partial charge in [-0.3, -0.25) is 14.4 Å². The Morgan fingerprint density at radius 2 is 1.58 bits per heavy atom. The quantitative estimate of drug-likeness (QED) is 0.742. The topological polar surface area (TPSA) is 64.2 Å². The Morgan fingerprint density at radius 1 is 0.903 bits per heavy atom. The molecule has 166 valence electrons. The summed E-state index contributed by atoms with van der Waals surface area (Å²) in [6, 6.07) is 10.0. The Kier molecular flexibility index (Phi) is 5.36. The number of hydrogen-bond acceptors (Lipinski definition) is 4. The molecule has 0 aromatic heterocycles. The highest BCUT2D eigenvalue weighted by Crippen LogP contribution is 2.41. The number of likely N-dealkylation sites (tertiary alicyclic amines) is 2. The second-order valence-corrected chi connectivity index (χ2v) is 9.48. The van der Waals surface area contributed by atoms with Crippen LogP contribution in [0.4, 0.5) is 5.69 Å². The molecule has 3 heterocycles. The SMILES string of the molecule is O=C(CN1CN(c2ccccc2)C2(CCN(C(=O)C3CC3)CC2)C1=O)N1CCCCC1. The molecule has 4 aliphatic rings. The fourth-order valence-electron chi connectivity index (χ4n) is 5.41. The fourth-order valence-corrected chi connectivity index (χ4v) is 5.41. The summed E-state index contributed by atoms with van der Waals surface area (Å²) in [4.78, 5) is 46.9. The molecule has 0 unspecified atom stereocenters. The van der Waals surface area contributed by atoms with Gasteiger partial charge >= 0.3 is 0 Å². The van der Waals surface area contributed by atoms with Crippen LogP contribution in [0.25, 0.3) is 0 Å². The molecule has 4 fully saturated rings. The lowest BCUT2D eigenvalue weighted by atomic mass is 9.85. The number of carbonyl (C=O) groups is 3. The number of anilines is 1. The summed E-state index contributed by atoms with van der Waals surface area (Å²) >= 11 is 0. The average molecular weight is 425 g/mol. The van der Waals surface area contributed by atoms with Crippen molar-refractivity contribution in [3.63, 3.8) is 0 Å². The first-order chi connectivity index (χ1) is 15.1. The first-order valence-electron chi connectivity index (χ1n) is 11.8. The largest absolute Gasteiger partial charge is 0.342 e. The van der Waals surface area contributed by atoms with Gasteiger partial charge in [0.2, 0.25) is 11.8 Å². The number of nitrogens with zero attached hydrogens (tertiary/aromatic N) is 4. The highest BCUT2D eigenvalue weighted by Gasteiger charge is 2.55. The normalized spacial score (nSPS) is 23.5. The molecule has 1 aromatic rings. The third-order valence-electron chi connectivity index (χ3n) is 7.45. The molecule has 3 aliphatic heterocycles. The van der Waals surface area contributed by atoms with Gasteiger partial charge in [0, 0.05) is 37.8 Å². The minimum Gasteiger partial charge on any atom is -0.342 e. The van der Waals surface area contributed by atoms with Crippen molar-refractivity contribution in [1.82, 2.24) is 14.7 Å². The van der Waals surface area contributed by atoms with Crippen LogP contribution < -0.4 is 4.90 Å². The van der Waals surface area contributed by atoms with Gasteiger partial charge in [0.25, 0.3) is 5.91 Å². The molecule has 0 atom stereocenters. The lowest BCUT2D eigenvalue weighted by molar-refractivity contribution is -0.142. The van der Waals surface area contributed by atoms with Crippen LogP contribution in [0.2, 0.25) is 0 Å². The standard InChI is InChI=1S/C24H32N4O3/c29-21(25-13-5-2-6-14-25)17-27-18-28(20-7-3-1-4-8-20)24(23(27)31)11-15-26(16-12-24)22(30)19-9-10-19/h1,3-4,7-8,19H,2,5-6,9-18H2. The zero-order valence-electron chi connectivity index (χ0n) is 18.2. The van der Waals surface area contributed by atoms with E-state index in [4.69, 9.17) is 0 Å². The molecule has 0 N–H and O–H groups in total. The summed E-state index contributed by atoms with van der Waals surface area (Å²) in [6.07, 6.45) is 6.51. The van der Waals surface area contributed by atoms with Crippen LogP contribution in [-0.2, 0) is 14.4 Å². The fraction of sp³-hybridized carbons (Fsp3) is 0.625. The molecule has 3 amide bonds. The average Bonchev–Trinajstić information content (AvgIpc) is 3.64. The molecular formula is C24H32N4O3. The number of hydrogen-bond donors (Lipinski definition) is 0. The Labute approximate surface area is 184 Å². The van der Waals surface area contributed by atoms with Crippen LogP contribution in [0.1, 0.15) is 44.9 Å². The molecule has 1 spiro atoms. The van der Waals surface area contributed by atoms with Crippen LogP contribution in [0.5, 0.6) is 0 Å². The number of para-hydroxylation sites is 1. The minimum atomic E-state index is -0.663. The Morgan fingerprint density at radius 3 is 2.23 bits per heavy atom. The van der Waals surface area contributed by atoms with Gasteiger partial charge < -0.3 is 19.6 Å². The molecule has 31 heavy (non-hydrogen) atoms. The molecule has 1 aliphatic carbocycles. The molecule has 1 saturated carbocycles. The van der Waals surface area contributed by atoms with Crippen molar-refractivity contribution in [2.24, 2.45) is 5.92 Å². The van der Waals surface area contributed by atoms with Gasteiger partial charge in [-0.1, -0.05) is 18.2 Å². The van der Waals surface area contributed by atoms with Crippen molar-refractivity contribution in [3.8, 4) is 0 Å². The second-order valence-electron chi connectivity index (χ2n) is 9.48. The highest BCUT2D eigenvalue weighted by molar-refractivity contribution is 5.96. The van der Waals surface area contributed by atoms with Crippen molar-refractivity contribution in [1.29, 1.82) is 0 Å². The third-order valence-corrected chi connectivity index (χ3v) is 7.45. The molecule has 7 nitrogen and oxygen atoms in total. The van der Waals surface area contributed by atoms with E-state index < -0.39 is 5.54 Å². The van der Waals surface area contributed by atoms with E-state index in [0.29, 0.717) is 32.6 Å². The van der Waals surface area contributed by atoms with E-state index in [1.807, 2.05) is 40.1 Å². The lowest BCUT2D eigenvalue weighted by Crippen LogP contribution is -2.57. The maximum atomic E-state index is 13.7. The van der Waals surface area contributed by atoms with E-state index in [-0.39, 0.29) is 30.2 Å². The van der Waals surface area contributed by atoms with Crippen molar-refractivity contribution in [2.45, 2.75) is 50.5 Å². The molecular weight excluding hydrogens is 392 g/mol.